The molecule has 0 amide bonds. The van der Waals surface area contributed by atoms with E-state index in [-0.39, 0.29) is 0 Å². The first-order valence-electron chi connectivity index (χ1n) is 27.1. The van der Waals surface area contributed by atoms with Crippen LogP contribution in [0.3, 0.4) is 0 Å². The van der Waals surface area contributed by atoms with Crippen LogP contribution >= 0.6 is 0 Å². The van der Waals surface area contributed by atoms with Crippen molar-refractivity contribution in [3.8, 4) is 17.1 Å². The molecule has 0 N–H and O–H groups in total. The van der Waals surface area contributed by atoms with Gasteiger partial charge in [0.05, 0.1) is 44.5 Å². The zero-order chi connectivity index (χ0) is 52.0. The summed E-state index contributed by atoms with van der Waals surface area (Å²) in [6, 6.07) is 109. The molecule has 5 heteroatoms. The minimum Gasteiger partial charge on any atom is -0.310 e. The van der Waals surface area contributed by atoms with E-state index in [1.54, 1.807) is 0 Å². The molecule has 0 aliphatic rings. The Morgan fingerprint density at radius 1 is 0.190 bits per heavy atom. The average molecular weight is 1010 g/mol. The van der Waals surface area contributed by atoms with Crippen molar-refractivity contribution in [1.82, 2.24) is 13.7 Å². The Bertz CT molecular complexity index is 4590. The van der Waals surface area contributed by atoms with Crippen molar-refractivity contribution in [3.63, 3.8) is 0 Å². The van der Waals surface area contributed by atoms with Crippen molar-refractivity contribution in [1.29, 1.82) is 0 Å². The van der Waals surface area contributed by atoms with Gasteiger partial charge < -0.3 is 23.5 Å². The third-order valence-electron chi connectivity index (χ3n) is 16.2. The molecule has 16 rings (SSSR count). The van der Waals surface area contributed by atoms with Gasteiger partial charge in [0.25, 0.3) is 0 Å². The van der Waals surface area contributed by atoms with Crippen LogP contribution in [-0.2, 0) is 0 Å². The molecular weight excluding hydrogens is 959 g/mol. The summed E-state index contributed by atoms with van der Waals surface area (Å²) in [6.45, 7) is 0. The molecule has 0 atom stereocenters. The number of nitrogens with zero attached hydrogens (tertiary/aromatic N) is 5. The van der Waals surface area contributed by atoms with Gasteiger partial charge in [-0.15, -0.1) is 0 Å². The lowest BCUT2D eigenvalue weighted by molar-refractivity contribution is 1.17. The SMILES string of the molecule is c1ccc(N(c2ccc(-n3c4ccccc4c4ccccc43)cc2)c2cc3c(c4ccccc24)c2c4ccccc4c(N(c4ccccc4)c4ccc(-n5c6ccccc6c6ccccc65)cc4)cc2n3-c2ccccc2)cc1. The highest BCUT2D eigenvalue weighted by Gasteiger charge is 2.26. The first-order valence-corrected chi connectivity index (χ1v) is 27.1. The molecule has 0 saturated carbocycles. The molecule has 5 nitrogen and oxygen atoms in total. The summed E-state index contributed by atoms with van der Waals surface area (Å²) in [5.74, 6) is 0. The summed E-state index contributed by atoms with van der Waals surface area (Å²) in [4.78, 5) is 4.88. The molecular formula is C74H49N5. The molecule has 13 aromatic carbocycles. The molecule has 3 heterocycles. The maximum atomic E-state index is 2.50. The summed E-state index contributed by atoms with van der Waals surface area (Å²) in [7, 11) is 0. The van der Waals surface area contributed by atoms with Crippen LogP contribution in [0.4, 0.5) is 34.1 Å². The first-order chi connectivity index (χ1) is 39.2. The third kappa shape index (κ3) is 6.96. The van der Waals surface area contributed by atoms with Gasteiger partial charge >= 0.3 is 0 Å². The zero-order valence-corrected chi connectivity index (χ0v) is 43.0. The molecule has 0 bridgehead atoms. The van der Waals surface area contributed by atoms with Crippen molar-refractivity contribution >= 4 is 121 Å². The van der Waals surface area contributed by atoms with E-state index >= 15 is 0 Å². The molecule has 0 aliphatic carbocycles. The summed E-state index contributed by atoms with van der Waals surface area (Å²) in [5, 5.41) is 12.2. The molecule has 16 aromatic rings. The molecule has 0 aliphatic heterocycles. The standard InChI is InChI=1S/C74H49N5/c1-4-22-50(23-5-1)75(53-40-44-55(45-41-53)77-65-36-18-14-28-57(65)58-29-15-19-37-66(58)77)69-48-71-73(63-34-12-10-32-61(63)69)74-64-35-13-11-33-62(64)70(49-72(74)79(71)52-26-8-3-9-27-52)76(51-24-6-2-7-25-51)54-42-46-56(47-43-54)78-67-38-20-16-30-59(67)60-31-17-21-39-68(60)78/h1-49H. The normalized spacial score (nSPS) is 11.8. The lowest BCUT2D eigenvalue weighted by atomic mass is 9.96. The quantitative estimate of drug-likeness (QED) is 0.144. The van der Waals surface area contributed by atoms with Gasteiger partial charge in [0.2, 0.25) is 0 Å². The van der Waals surface area contributed by atoms with Crippen LogP contribution < -0.4 is 9.80 Å². The fourth-order valence-corrected chi connectivity index (χ4v) is 12.8. The fourth-order valence-electron chi connectivity index (χ4n) is 12.8. The Labute approximate surface area is 456 Å². The minimum atomic E-state index is 1.07. The van der Waals surface area contributed by atoms with E-state index in [0.29, 0.717) is 0 Å². The second kappa shape index (κ2) is 18.0. The van der Waals surface area contributed by atoms with E-state index in [2.05, 4.69) is 321 Å². The summed E-state index contributed by atoms with van der Waals surface area (Å²) in [5.41, 5.74) is 16.8. The molecule has 0 radical (unpaired) electrons. The van der Waals surface area contributed by atoms with E-state index in [9.17, 15) is 0 Å². The van der Waals surface area contributed by atoms with Crippen LogP contribution in [0.1, 0.15) is 0 Å². The van der Waals surface area contributed by atoms with Crippen molar-refractivity contribution in [3.05, 3.63) is 297 Å². The summed E-state index contributed by atoms with van der Waals surface area (Å²) in [6.07, 6.45) is 0. The van der Waals surface area contributed by atoms with Crippen molar-refractivity contribution in [2.45, 2.75) is 0 Å². The van der Waals surface area contributed by atoms with Gasteiger partial charge in [-0.2, -0.15) is 0 Å². The highest BCUT2D eigenvalue weighted by Crippen LogP contribution is 2.50. The van der Waals surface area contributed by atoms with Crippen molar-refractivity contribution in [2.75, 3.05) is 9.80 Å². The summed E-state index contributed by atoms with van der Waals surface area (Å²) < 4.78 is 7.28. The van der Waals surface area contributed by atoms with Gasteiger partial charge in [0.1, 0.15) is 0 Å². The van der Waals surface area contributed by atoms with E-state index in [0.717, 1.165) is 62.2 Å². The Kier molecular flexibility index (Phi) is 10.2. The van der Waals surface area contributed by atoms with Gasteiger partial charge in [-0.05, 0) is 132 Å². The fraction of sp³-hybridized carbons (Fsp3) is 0. The third-order valence-corrected chi connectivity index (χ3v) is 16.2. The van der Waals surface area contributed by atoms with Gasteiger partial charge in [0, 0.05) is 82.9 Å². The zero-order valence-electron chi connectivity index (χ0n) is 43.0. The number of para-hydroxylation sites is 7. The maximum absolute atomic E-state index is 2.50. The molecule has 3 aromatic heterocycles. The second-order valence-corrected chi connectivity index (χ2v) is 20.5. The van der Waals surface area contributed by atoms with Crippen LogP contribution in [0, 0.1) is 0 Å². The largest absolute Gasteiger partial charge is 0.310 e. The van der Waals surface area contributed by atoms with Crippen molar-refractivity contribution in [2.24, 2.45) is 0 Å². The molecule has 370 valence electrons. The number of aromatic nitrogens is 3. The smallest absolute Gasteiger partial charge is 0.0568 e. The lowest BCUT2D eigenvalue weighted by Crippen LogP contribution is -2.11. The van der Waals surface area contributed by atoms with Gasteiger partial charge in [-0.25, -0.2) is 0 Å². The van der Waals surface area contributed by atoms with Gasteiger partial charge in [-0.1, -0.05) is 176 Å². The summed E-state index contributed by atoms with van der Waals surface area (Å²) >= 11 is 0. The van der Waals surface area contributed by atoms with Crippen molar-refractivity contribution < 1.29 is 0 Å². The number of hydrogen-bond donors (Lipinski definition) is 0. The Hall–Kier alpha value is -10.6. The molecule has 0 spiro atoms. The number of hydrogen-bond acceptors (Lipinski definition) is 2. The highest BCUT2D eigenvalue weighted by molar-refractivity contribution is 6.32. The van der Waals surface area contributed by atoms with E-state index in [1.807, 2.05) is 0 Å². The Morgan fingerprint density at radius 3 is 0.797 bits per heavy atom. The highest BCUT2D eigenvalue weighted by atomic mass is 15.2. The van der Waals surface area contributed by atoms with E-state index in [1.165, 1.54) is 75.9 Å². The topological polar surface area (TPSA) is 21.3 Å². The number of anilines is 6. The predicted octanol–water partition coefficient (Wildman–Crippen LogP) is 20.2. The number of benzene rings is 13. The predicted molar refractivity (Wildman–Crippen MR) is 334 cm³/mol. The molecule has 0 saturated heterocycles. The van der Waals surface area contributed by atoms with Crippen LogP contribution in [0.5, 0.6) is 0 Å². The van der Waals surface area contributed by atoms with Crippen LogP contribution in [0.25, 0.3) is 104 Å². The van der Waals surface area contributed by atoms with E-state index < -0.39 is 0 Å². The number of fused-ring (bicyclic) bond motifs is 13. The molecule has 0 unspecified atom stereocenters. The monoisotopic (exact) mass is 1010 g/mol. The van der Waals surface area contributed by atoms with Crippen LogP contribution in [-0.4, -0.2) is 13.7 Å². The molecule has 0 fully saturated rings. The van der Waals surface area contributed by atoms with Crippen LogP contribution in [0.15, 0.2) is 297 Å². The number of rotatable bonds is 9. The Balaban J connectivity index is 0.932. The van der Waals surface area contributed by atoms with Crippen LogP contribution in [0.2, 0.25) is 0 Å². The minimum absolute atomic E-state index is 1.07. The maximum Gasteiger partial charge on any atom is 0.0568 e. The van der Waals surface area contributed by atoms with E-state index in [4.69, 9.17) is 0 Å². The first kappa shape index (κ1) is 44.7. The van der Waals surface area contributed by atoms with Gasteiger partial charge in [0.15, 0.2) is 0 Å². The van der Waals surface area contributed by atoms with Gasteiger partial charge in [-0.3, -0.25) is 0 Å². The average Bonchev–Trinajstić information content (AvgIpc) is 4.18. The lowest BCUT2D eigenvalue weighted by Gasteiger charge is -2.27. The molecule has 79 heavy (non-hydrogen) atoms. The Morgan fingerprint density at radius 2 is 0.443 bits per heavy atom. The second-order valence-electron chi connectivity index (χ2n) is 20.5.